The van der Waals surface area contributed by atoms with Crippen LogP contribution in [0.2, 0.25) is 20.1 Å². The maximum atomic E-state index is 12.6. The molecule has 2 aromatic rings. The van der Waals surface area contributed by atoms with Crippen molar-refractivity contribution in [1.29, 1.82) is 0 Å². The van der Waals surface area contributed by atoms with E-state index < -0.39 is 0 Å². The average Bonchev–Trinajstić information content (AvgIpc) is 3.06. The Bertz CT molecular complexity index is 843. The lowest BCUT2D eigenvalue weighted by molar-refractivity contribution is -0.125. The van der Waals surface area contributed by atoms with Crippen molar-refractivity contribution in [2.24, 2.45) is 5.92 Å². The molecule has 2 atom stereocenters. The van der Waals surface area contributed by atoms with E-state index in [1.807, 2.05) is 31.2 Å². The van der Waals surface area contributed by atoms with Crippen molar-refractivity contribution in [2.75, 3.05) is 18.0 Å². The van der Waals surface area contributed by atoms with Crippen molar-refractivity contribution in [3.63, 3.8) is 0 Å². The second-order valence-corrected chi connectivity index (χ2v) is 8.55. The van der Waals surface area contributed by atoms with Gasteiger partial charge in [-0.25, -0.2) is 0 Å². The molecule has 1 heterocycles. The summed E-state index contributed by atoms with van der Waals surface area (Å²) in [5, 5.41) is 5.41. The van der Waals surface area contributed by atoms with Crippen molar-refractivity contribution < 1.29 is 4.79 Å². The van der Waals surface area contributed by atoms with E-state index in [-0.39, 0.29) is 17.9 Å². The van der Waals surface area contributed by atoms with Gasteiger partial charge in [0.25, 0.3) is 0 Å². The summed E-state index contributed by atoms with van der Waals surface area (Å²) >= 11 is 24.3. The predicted molar refractivity (Wildman–Crippen MR) is 115 cm³/mol. The van der Waals surface area contributed by atoms with Crippen LogP contribution in [-0.4, -0.2) is 25.0 Å². The van der Waals surface area contributed by atoms with Crippen LogP contribution in [0.1, 0.15) is 18.9 Å². The van der Waals surface area contributed by atoms with Gasteiger partial charge in [0.15, 0.2) is 0 Å². The number of nitrogens with zero attached hydrogens (tertiary/aromatic N) is 1. The summed E-state index contributed by atoms with van der Waals surface area (Å²) in [4.78, 5) is 14.8. The summed E-state index contributed by atoms with van der Waals surface area (Å²) in [7, 11) is 0. The zero-order valence-corrected chi connectivity index (χ0v) is 17.8. The molecule has 3 rings (SSSR count). The molecule has 7 heteroatoms. The molecule has 1 aliphatic rings. The summed E-state index contributed by atoms with van der Waals surface area (Å²) in [6, 6.07) is 11.1. The number of amides is 1. The number of hydrogen-bond acceptors (Lipinski definition) is 2. The van der Waals surface area contributed by atoms with Crippen LogP contribution in [0, 0.1) is 5.92 Å². The minimum absolute atomic E-state index is 0.0372. The third-order valence-corrected chi connectivity index (χ3v) is 6.04. The molecule has 1 fully saturated rings. The molecule has 0 spiro atoms. The molecular weight excluding hydrogens is 426 g/mol. The van der Waals surface area contributed by atoms with E-state index in [1.165, 1.54) is 0 Å². The number of carbonyl (C=O) groups is 1. The van der Waals surface area contributed by atoms with Crippen LogP contribution < -0.4 is 10.2 Å². The second-order valence-electron chi connectivity index (χ2n) is 6.89. The van der Waals surface area contributed by atoms with Crippen LogP contribution in [0.3, 0.4) is 0 Å². The van der Waals surface area contributed by atoms with Gasteiger partial charge in [0.2, 0.25) is 5.91 Å². The van der Waals surface area contributed by atoms with Gasteiger partial charge in [-0.15, -0.1) is 0 Å². The van der Waals surface area contributed by atoms with Crippen LogP contribution in [0.4, 0.5) is 5.69 Å². The average molecular weight is 446 g/mol. The standard InChI is InChI=1S/C20H20Cl4N2O/c1-12(8-13-2-4-16(22)17(23)9-13)20(27)25-15-6-7-26(11-15)19-5-3-14(21)10-18(19)24/h2-5,9-10,12,15H,6-8,11H2,1H3,(H,25,27). The van der Waals surface area contributed by atoms with Gasteiger partial charge >= 0.3 is 0 Å². The lowest BCUT2D eigenvalue weighted by atomic mass is 10.00. The Kier molecular flexibility index (Phi) is 6.80. The third kappa shape index (κ3) is 5.23. The number of nitrogens with one attached hydrogen (secondary N) is 1. The molecular formula is C20H20Cl4N2O. The highest BCUT2D eigenvalue weighted by atomic mass is 35.5. The quantitative estimate of drug-likeness (QED) is 0.623. The van der Waals surface area contributed by atoms with Gasteiger partial charge < -0.3 is 10.2 Å². The fraction of sp³-hybridized carbons (Fsp3) is 0.350. The Hall–Kier alpha value is -1.13. The van der Waals surface area contributed by atoms with Crippen molar-refractivity contribution in [1.82, 2.24) is 5.32 Å². The second kappa shape index (κ2) is 8.91. The summed E-state index contributed by atoms with van der Waals surface area (Å²) in [6.07, 6.45) is 1.49. The van der Waals surface area contributed by atoms with Crippen LogP contribution in [-0.2, 0) is 11.2 Å². The number of hydrogen-bond donors (Lipinski definition) is 1. The van der Waals surface area contributed by atoms with Crippen LogP contribution in [0.25, 0.3) is 0 Å². The Morgan fingerprint density at radius 1 is 1.11 bits per heavy atom. The fourth-order valence-corrected chi connectivity index (χ4v) is 4.14. The Morgan fingerprint density at radius 2 is 1.89 bits per heavy atom. The maximum absolute atomic E-state index is 12.6. The van der Waals surface area contributed by atoms with Gasteiger partial charge in [-0.2, -0.15) is 0 Å². The van der Waals surface area contributed by atoms with Crippen molar-refractivity contribution in [2.45, 2.75) is 25.8 Å². The first-order valence-electron chi connectivity index (χ1n) is 8.78. The largest absolute Gasteiger partial charge is 0.368 e. The summed E-state index contributed by atoms with van der Waals surface area (Å²) in [5.74, 6) is -0.120. The fourth-order valence-electron chi connectivity index (χ4n) is 3.29. The van der Waals surface area contributed by atoms with Gasteiger partial charge in [0.1, 0.15) is 0 Å². The highest BCUT2D eigenvalue weighted by Gasteiger charge is 2.27. The predicted octanol–water partition coefficient (Wildman–Crippen LogP) is 5.87. The first kappa shape index (κ1) is 20.6. The van der Waals surface area contributed by atoms with Crippen LogP contribution >= 0.6 is 46.4 Å². The van der Waals surface area contributed by atoms with Gasteiger partial charge in [-0.3, -0.25) is 4.79 Å². The molecule has 0 aliphatic carbocycles. The molecule has 0 saturated carbocycles. The lowest BCUT2D eigenvalue weighted by Crippen LogP contribution is -2.40. The summed E-state index contributed by atoms with van der Waals surface area (Å²) < 4.78 is 0. The molecule has 1 aliphatic heterocycles. The topological polar surface area (TPSA) is 32.3 Å². The van der Waals surface area contributed by atoms with Crippen molar-refractivity contribution in [3.05, 3.63) is 62.1 Å². The lowest BCUT2D eigenvalue weighted by Gasteiger charge is -2.21. The Morgan fingerprint density at radius 3 is 2.59 bits per heavy atom. The van der Waals surface area contributed by atoms with E-state index in [9.17, 15) is 4.79 Å². The first-order valence-corrected chi connectivity index (χ1v) is 10.3. The van der Waals surface area contributed by atoms with Crippen molar-refractivity contribution >= 4 is 58.0 Å². The van der Waals surface area contributed by atoms with E-state index in [4.69, 9.17) is 46.4 Å². The zero-order valence-electron chi connectivity index (χ0n) is 14.8. The molecule has 144 valence electrons. The normalized spacial score (nSPS) is 17.8. The van der Waals surface area contributed by atoms with E-state index in [1.54, 1.807) is 12.1 Å². The summed E-state index contributed by atoms with van der Waals surface area (Å²) in [5.41, 5.74) is 1.94. The van der Waals surface area contributed by atoms with E-state index in [0.717, 1.165) is 30.8 Å². The maximum Gasteiger partial charge on any atom is 0.223 e. The van der Waals surface area contributed by atoms with Gasteiger partial charge in [-0.1, -0.05) is 59.4 Å². The molecule has 1 N–H and O–H groups in total. The highest BCUT2D eigenvalue weighted by Crippen LogP contribution is 2.31. The molecule has 1 amide bonds. The third-order valence-electron chi connectivity index (χ3n) is 4.76. The SMILES string of the molecule is CC(Cc1ccc(Cl)c(Cl)c1)C(=O)NC1CCN(c2ccc(Cl)cc2Cl)C1. The number of halogens is 4. The van der Waals surface area contributed by atoms with Crippen molar-refractivity contribution in [3.8, 4) is 0 Å². The molecule has 2 aromatic carbocycles. The van der Waals surface area contributed by atoms with E-state index in [0.29, 0.717) is 26.5 Å². The molecule has 1 saturated heterocycles. The molecule has 0 radical (unpaired) electrons. The molecule has 0 bridgehead atoms. The number of benzene rings is 2. The minimum Gasteiger partial charge on any atom is -0.368 e. The smallest absolute Gasteiger partial charge is 0.223 e. The molecule has 0 aromatic heterocycles. The Labute approximate surface area is 179 Å². The van der Waals surface area contributed by atoms with Gasteiger partial charge in [0, 0.05) is 30.1 Å². The number of anilines is 1. The molecule has 2 unspecified atom stereocenters. The van der Waals surface area contributed by atoms with Crippen LogP contribution in [0.5, 0.6) is 0 Å². The molecule has 3 nitrogen and oxygen atoms in total. The van der Waals surface area contributed by atoms with Crippen LogP contribution in [0.15, 0.2) is 36.4 Å². The monoisotopic (exact) mass is 444 g/mol. The minimum atomic E-state index is -0.157. The number of carbonyl (C=O) groups excluding carboxylic acids is 1. The Balaban J connectivity index is 1.55. The van der Waals surface area contributed by atoms with E-state index >= 15 is 0 Å². The van der Waals surface area contributed by atoms with Gasteiger partial charge in [0.05, 0.1) is 20.8 Å². The number of rotatable bonds is 5. The summed E-state index contributed by atoms with van der Waals surface area (Å²) in [6.45, 7) is 3.49. The molecule has 27 heavy (non-hydrogen) atoms. The zero-order chi connectivity index (χ0) is 19.6. The van der Waals surface area contributed by atoms with Gasteiger partial charge in [-0.05, 0) is 48.7 Å². The van der Waals surface area contributed by atoms with E-state index in [2.05, 4.69) is 10.2 Å². The first-order chi connectivity index (χ1) is 12.8. The highest BCUT2D eigenvalue weighted by molar-refractivity contribution is 6.42.